The van der Waals surface area contributed by atoms with Gasteiger partial charge in [-0.25, -0.2) is 0 Å². The van der Waals surface area contributed by atoms with Crippen molar-refractivity contribution in [3.05, 3.63) is 47.0 Å². The molecular formula is C20H25NO5. The highest BCUT2D eigenvalue weighted by molar-refractivity contribution is 5.51. The first-order valence-corrected chi connectivity index (χ1v) is 8.51. The first kappa shape index (κ1) is 18.4. The van der Waals surface area contributed by atoms with E-state index in [2.05, 4.69) is 5.32 Å². The molecule has 1 aliphatic rings. The number of nitrogens with one attached hydrogen (secondary N) is 1. The van der Waals surface area contributed by atoms with Crippen LogP contribution in [0.3, 0.4) is 0 Å². The van der Waals surface area contributed by atoms with E-state index in [1.165, 1.54) is 0 Å². The highest BCUT2D eigenvalue weighted by Gasteiger charge is 2.29. The molecule has 2 aromatic carbocycles. The minimum absolute atomic E-state index is 0.253. The fourth-order valence-corrected chi connectivity index (χ4v) is 3.43. The lowest BCUT2D eigenvalue weighted by atomic mass is 9.88. The van der Waals surface area contributed by atoms with Crippen molar-refractivity contribution in [2.24, 2.45) is 0 Å². The van der Waals surface area contributed by atoms with Gasteiger partial charge in [0.2, 0.25) is 0 Å². The molecule has 6 heteroatoms. The molecule has 2 N–H and O–H groups in total. The van der Waals surface area contributed by atoms with Crippen LogP contribution in [0.25, 0.3) is 0 Å². The molecular weight excluding hydrogens is 334 g/mol. The second kappa shape index (κ2) is 7.85. The number of methoxy groups -OCH3 is 4. The van der Waals surface area contributed by atoms with Crippen LogP contribution in [0.2, 0.25) is 0 Å². The van der Waals surface area contributed by atoms with Crippen LogP contribution in [0.1, 0.15) is 28.8 Å². The third-order valence-corrected chi connectivity index (χ3v) is 4.80. The molecule has 140 valence electrons. The van der Waals surface area contributed by atoms with Crippen LogP contribution in [0, 0.1) is 0 Å². The summed E-state index contributed by atoms with van der Waals surface area (Å²) in [5.41, 5.74) is 2.91. The number of fused-ring (bicyclic) bond motifs is 1. The van der Waals surface area contributed by atoms with E-state index >= 15 is 0 Å². The Hall–Kier alpha value is -2.44. The minimum Gasteiger partial charge on any atom is -0.493 e. The van der Waals surface area contributed by atoms with Gasteiger partial charge in [-0.2, -0.15) is 0 Å². The monoisotopic (exact) mass is 359 g/mol. The zero-order chi connectivity index (χ0) is 18.7. The largest absolute Gasteiger partial charge is 0.493 e. The Kier molecular flexibility index (Phi) is 5.54. The molecule has 6 nitrogen and oxygen atoms in total. The van der Waals surface area contributed by atoms with Crippen molar-refractivity contribution in [3.8, 4) is 23.0 Å². The first-order valence-electron chi connectivity index (χ1n) is 8.51. The molecule has 0 amide bonds. The number of aliphatic hydroxyl groups excluding tert-OH is 1. The summed E-state index contributed by atoms with van der Waals surface area (Å²) in [7, 11) is 6.41. The molecule has 3 rings (SSSR count). The summed E-state index contributed by atoms with van der Waals surface area (Å²) in [5.74, 6) is 2.58. The van der Waals surface area contributed by atoms with Crippen LogP contribution in [0.4, 0.5) is 0 Å². The smallest absolute Gasteiger partial charge is 0.161 e. The second-order valence-corrected chi connectivity index (χ2v) is 6.15. The van der Waals surface area contributed by atoms with Crippen molar-refractivity contribution in [1.29, 1.82) is 0 Å². The minimum atomic E-state index is -0.744. The molecule has 0 saturated heterocycles. The molecule has 0 unspecified atom stereocenters. The van der Waals surface area contributed by atoms with Gasteiger partial charge in [-0.15, -0.1) is 0 Å². The van der Waals surface area contributed by atoms with Crippen molar-refractivity contribution < 1.29 is 24.1 Å². The van der Waals surface area contributed by atoms with Crippen LogP contribution in [-0.4, -0.2) is 40.1 Å². The zero-order valence-corrected chi connectivity index (χ0v) is 15.5. The van der Waals surface area contributed by atoms with Gasteiger partial charge >= 0.3 is 0 Å². The number of hydrogen-bond donors (Lipinski definition) is 2. The standard InChI is InChI=1S/C20H25NO5/c1-23-15-6-5-13(10-16(15)24-2)20(22)19-14-11-18(26-4)17(25-3)9-12(14)7-8-21-19/h5-6,9-11,19-22H,7-8H2,1-4H3/t19-,20-/m0/s1. The summed E-state index contributed by atoms with van der Waals surface area (Å²) in [6.45, 7) is 0.775. The summed E-state index contributed by atoms with van der Waals surface area (Å²) >= 11 is 0. The van der Waals surface area contributed by atoms with Gasteiger partial charge in [-0.1, -0.05) is 6.07 Å². The van der Waals surface area contributed by atoms with Crippen molar-refractivity contribution in [3.63, 3.8) is 0 Å². The van der Waals surface area contributed by atoms with Crippen molar-refractivity contribution in [2.45, 2.75) is 18.6 Å². The lowest BCUT2D eigenvalue weighted by molar-refractivity contribution is 0.125. The van der Waals surface area contributed by atoms with E-state index in [-0.39, 0.29) is 6.04 Å². The lowest BCUT2D eigenvalue weighted by Gasteiger charge is -2.32. The Balaban J connectivity index is 1.98. The zero-order valence-electron chi connectivity index (χ0n) is 15.5. The van der Waals surface area contributed by atoms with Crippen LogP contribution >= 0.6 is 0 Å². The number of hydrogen-bond acceptors (Lipinski definition) is 6. The van der Waals surface area contributed by atoms with Crippen molar-refractivity contribution in [2.75, 3.05) is 35.0 Å². The molecule has 2 atom stereocenters. The van der Waals surface area contributed by atoms with E-state index in [1.807, 2.05) is 18.2 Å². The van der Waals surface area contributed by atoms with Gasteiger partial charge in [0.15, 0.2) is 23.0 Å². The number of aliphatic hydroxyl groups is 1. The maximum Gasteiger partial charge on any atom is 0.161 e. The van der Waals surface area contributed by atoms with Crippen LogP contribution in [0.15, 0.2) is 30.3 Å². The summed E-state index contributed by atoms with van der Waals surface area (Å²) in [6.07, 6.45) is 0.122. The third-order valence-electron chi connectivity index (χ3n) is 4.80. The summed E-state index contributed by atoms with van der Waals surface area (Å²) < 4.78 is 21.5. The molecule has 0 bridgehead atoms. The SMILES string of the molecule is COc1ccc([C@H](O)[C@H]2NCCc3cc(OC)c(OC)cc32)cc1OC. The Morgan fingerprint density at radius 3 is 2.15 bits per heavy atom. The molecule has 0 fully saturated rings. The van der Waals surface area contributed by atoms with E-state index in [4.69, 9.17) is 18.9 Å². The highest BCUT2D eigenvalue weighted by atomic mass is 16.5. The molecule has 0 radical (unpaired) electrons. The Bertz CT molecular complexity index is 777. The Morgan fingerprint density at radius 2 is 1.50 bits per heavy atom. The average molecular weight is 359 g/mol. The third kappa shape index (κ3) is 3.30. The van der Waals surface area contributed by atoms with Gasteiger partial charge in [-0.05, 0) is 53.9 Å². The van der Waals surface area contributed by atoms with E-state index in [0.717, 1.165) is 29.7 Å². The predicted molar refractivity (Wildman–Crippen MR) is 98.5 cm³/mol. The highest BCUT2D eigenvalue weighted by Crippen LogP contribution is 2.40. The summed E-state index contributed by atoms with van der Waals surface area (Å²) in [4.78, 5) is 0. The summed E-state index contributed by atoms with van der Waals surface area (Å²) in [6, 6.07) is 9.13. The van der Waals surface area contributed by atoms with Crippen molar-refractivity contribution in [1.82, 2.24) is 5.32 Å². The van der Waals surface area contributed by atoms with Gasteiger partial charge in [0.25, 0.3) is 0 Å². The van der Waals surface area contributed by atoms with Gasteiger partial charge in [0.05, 0.1) is 40.6 Å². The normalized spacial score (nSPS) is 17.2. The van der Waals surface area contributed by atoms with E-state index in [0.29, 0.717) is 23.0 Å². The number of rotatable bonds is 6. The molecule has 1 heterocycles. The summed E-state index contributed by atoms with van der Waals surface area (Å²) in [5, 5.41) is 14.4. The molecule has 0 aromatic heterocycles. The Morgan fingerprint density at radius 1 is 0.885 bits per heavy atom. The van der Waals surface area contributed by atoms with Crippen molar-refractivity contribution >= 4 is 0 Å². The van der Waals surface area contributed by atoms with Crippen LogP contribution in [0.5, 0.6) is 23.0 Å². The molecule has 0 aliphatic carbocycles. The molecule has 1 aliphatic heterocycles. The topological polar surface area (TPSA) is 69.2 Å². The van der Waals surface area contributed by atoms with Crippen LogP contribution in [-0.2, 0) is 6.42 Å². The van der Waals surface area contributed by atoms with E-state index in [1.54, 1.807) is 40.6 Å². The molecule has 0 spiro atoms. The lowest BCUT2D eigenvalue weighted by Crippen LogP contribution is -2.34. The maximum absolute atomic E-state index is 11.0. The van der Waals surface area contributed by atoms with Gasteiger partial charge < -0.3 is 29.4 Å². The van der Waals surface area contributed by atoms with E-state index in [9.17, 15) is 5.11 Å². The molecule has 26 heavy (non-hydrogen) atoms. The fourth-order valence-electron chi connectivity index (χ4n) is 3.43. The van der Waals surface area contributed by atoms with Gasteiger partial charge in [-0.3, -0.25) is 0 Å². The van der Waals surface area contributed by atoms with Gasteiger partial charge in [0, 0.05) is 0 Å². The first-order chi connectivity index (χ1) is 12.6. The van der Waals surface area contributed by atoms with Gasteiger partial charge in [0.1, 0.15) is 0 Å². The molecule has 0 saturated carbocycles. The number of ether oxygens (including phenoxy) is 4. The second-order valence-electron chi connectivity index (χ2n) is 6.15. The fraction of sp³-hybridized carbons (Fsp3) is 0.400. The molecule has 2 aromatic rings. The van der Waals surface area contributed by atoms with Crippen LogP contribution < -0.4 is 24.3 Å². The quantitative estimate of drug-likeness (QED) is 0.826. The average Bonchev–Trinajstić information content (AvgIpc) is 2.70. The number of benzene rings is 2. The maximum atomic E-state index is 11.0. The predicted octanol–water partition coefficient (Wildman–Crippen LogP) is 2.64. The Labute approximate surface area is 153 Å². The van der Waals surface area contributed by atoms with E-state index < -0.39 is 6.10 Å².